The first-order valence-corrected chi connectivity index (χ1v) is 4.28. The molecule has 0 spiro atoms. The minimum Gasteiger partial charge on any atom is -0.467 e. The first-order chi connectivity index (χ1) is 6.13. The Morgan fingerprint density at radius 1 is 1.46 bits per heavy atom. The molecular weight excluding hydrogens is 172 g/mol. The summed E-state index contributed by atoms with van der Waals surface area (Å²) in [6.45, 7) is 1.58. The van der Waals surface area contributed by atoms with Crippen LogP contribution in [-0.2, 0) is 9.53 Å². The predicted octanol–water partition coefficient (Wildman–Crippen LogP) is 0.00950. The van der Waals surface area contributed by atoms with Crippen molar-refractivity contribution >= 4 is 12.0 Å². The summed E-state index contributed by atoms with van der Waals surface area (Å²) in [5, 5.41) is 5.18. The normalized spacial score (nSPS) is 17.4. The summed E-state index contributed by atoms with van der Waals surface area (Å²) in [5.41, 5.74) is 0. The molecule has 13 heavy (non-hydrogen) atoms. The first kappa shape index (κ1) is 9.83. The highest BCUT2D eigenvalue weighted by molar-refractivity contribution is 5.83. The Hall–Kier alpha value is -1.26. The topological polar surface area (TPSA) is 67.4 Å². The van der Waals surface area contributed by atoms with Crippen LogP contribution < -0.4 is 10.6 Å². The van der Waals surface area contributed by atoms with Crippen molar-refractivity contribution in [3.05, 3.63) is 0 Å². The van der Waals surface area contributed by atoms with E-state index >= 15 is 0 Å². The first-order valence-electron chi connectivity index (χ1n) is 4.28. The Bertz CT molecular complexity index is 213. The minimum atomic E-state index is -0.594. The fourth-order valence-corrected chi connectivity index (χ4v) is 0.887. The van der Waals surface area contributed by atoms with Gasteiger partial charge in [0.1, 0.15) is 6.04 Å². The number of rotatable bonds is 3. The van der Waals surface area contributed by atoms with Gasteiger partial charge < -0.3 is 15.4 Å². The molecule has 1 aliphatic rings. The van der Waals surface area contributed by atoms with Crippen molar-refractivity contribution in [2.24, 2.45) is 0 Å². The maximum absolute atomic E-state index is 11.1. The van der Waals surface area contributed by atoms with E-state index in [9.17, 15) is 9.59 Å². The third-order valence-electron chi connectivity index (χ3n) is 1.81. The van der Waals surface area contributed by atoms with Crippen LogP contribution in [0.5, 0.6) is 0 Å². The van der Waals surface area contributed by atoms with Crippen molar-refractivity contribution in [3.63, 3.8) is 0 Å². The van der Waals surface area contributed by atoms with Crippen LogP contribution in [-0.4, -0.2) is 31.2 Å². The van der Waals surface area contributed by atoms with Crippen LogP contribution in [0.2, 0.25) is 0 Å². The molecule has 1 rings (SSSR count). The largest absolute Gasteiger partial charge is 0.467 e. The van der Waals surface area contributed by atoms with E-state index in [0.29, 0.717) is 6.04 Å². The Balaban J connectivity index is 2.21. The number of hydrogen-bond donors (Lipinski definition) is 2. The number of nitrogens with one attached hydrogen (secondary N) is 2. The average Bonchev–Trinajstić information content (AvgIpc) is 2.86. The zero-order chi connectivity index (χ0) is 9.84. The molecule has 1 aliphatic carbocycles. The highest BCUT2D eigenvalue weighted by atomic mass is 16.5. The number of carbonyl (C=O) groups excluding carboxylic acids is 2. The second kappa shape index (κ2) is 4.11. The van der Waals surface area contributed by atoms with Crippen LogP contribution in [0.4, 0.5) is 4.79 Å². The molecule has 0 aromatic carbocycles. The lowest BCUT2D eigenvalue weighted by molar-refractivity contribution is -0.142. The van der Waals surface area contributed by atoms with Crippen LogP contribution >= 0.6 is 0 Å². The lowest BCUT2D eigenvalue weighted by atomic mass is 10.3. The Morgan fingerprint density at radius 2 is 2.08 bits per heavy atom. The zero-order valence-electron chi connectivity index (χ0n) is 7.79. The van der Waals surface area contributed by atoms with Crippen LogP contribution in [0.1, 0.15) is 19.8 Å². The molecule has 0 heterocycles. The van der Waals surface area contributed by atoms with E-state index in [4.69, 9.17) is 0 Å². The van der Waals surface area contributed by atoms with Gasteiger partial charge in [0.15, 0.2) is 0 Å². The van der Waals surface area contributed by atoms with E-state index < -0.39 is 12.0 Å². The molecule has 1 atom stereocenters. The fourth-order valence-electron chi connectivity index (χ4n) is 0.887. The zero-order valence-corrected chi connectivity index (χ0v) is 7.79. The summed E-state index contributed by atoms with van der Waals surface area (Å²) in [5.74, 6) is -0.439. The summed E-state index contributed by atoms with van der Waals surface area (Å²) in [6, 6.07) is -0.603. The summed E-state index contributed by atoms with van der Waals surface area (Å²) in [7, 11) is 1.29. The molecule has 1 unspecified atom stereocenters. The Kier molecular flexibility index (Phi) is 3.11. The van der Waals surface area contributed by atoms with E-state index in [-0.39, 0.29) is 6.03 Å². The molecule has 0 aromatic heterocycles. The minimum absolute atomic E-state index is 0.296. The van der Waals surface area contributed by atoms with Crippen molar-refractivity contribution < 1.29 is 14.3 Å². The van der Waals surface area contributed by atoms with E-state index in [1.807, 2.05) is 0 Å². The monoisotopic (exact) mass is 186 g/mol. The molecular formula is C8H14N2O3. The number of esters is 1. The van der Waals surface area contributed by atoms with Crippen LogP contribution in [0.15, 0.2) is 0 Å². The van der Waals surface area contributed by atoms with Gasteiger partial charge in [0.2, 0.25) is 0 Å². The molecule has 0 aliphatic heterocycles. The molecule has 5 nitrogen and oxygen atoms in total. The molecule has 74 valence electrons. The van der Waals surface area contributed by atoms with E-state index in [1.165, 1.54) is 7.11 Å². The lowest BCUT2D eigenvalue weighted by Gasteiger charge is -2.11. The maximum atomic E-state index is 11.1. The van der Waals surface area contributed by atoms with Gasteiger partial charge in [0.25, 0.3) is 0 Å². The van der Waals surface area contributed by atoms with Gasteiger partial charge in [-0.1, -0.05) is 0 Å². The van der Waals surface area contributed by atoms with Gasteiger partial charge in [0.05, 0.1) is 7.11 Å². The average molecular weight is 186 g/mol. The van der Waals surface area contributed by atoms with E-state index in [2.05, 4.69) is 15.4 Å². The number of ether oxygens (including phenoxy) is 1. The second-order valence-corrected chi connectivity index (χ2v) is 3.14. The lowest BCUT2D eigenvalue weighted by Crippen LogP contribution is -2.45. The quantitative estimate of drug-likeness (QED) is 0.610. The number of urea groups is 1. The van der Waals surface area contributed by atoms with Gasteiger partial charge in [-0.3, -0.25) is 0 Å². The number of methoxy groups -OCH3 is 1. The third kappa shape index (κ3) is 3.31. The molecule has 5 heteroatoms. The van der Waals surface area contributed by atoms with E-state index in [0.717, 1.165) is 12.8 Å². The van der Waals surface area contributed by atoms with Gasteiger partial charge in [0, 0.05) is 6.04 Å². The third-order valence-corrected chi connectivity index (χ3v) is 1.81. The molecule has 0 aromatic rings. The van der Waals surface area contributed by atoms with Gasteiger partial charge in [-0.15, -0.1) is 0 Å². The van der Waals surface area contributed by atoms with Crippen molar-refractivity contribution in [1.29, 1.82) is 0 Å². The number of amides is 2. The highest BCUT2D eigenvalue weighted by Gasteiger charge is 2.24. The van der Waals surface area contributed by atoms with Crippen molar-refractivity contribution in [2.45, 2.75) is 31.8 Å². The summed E-state index contributed by atoms with van der Waals surface area (Å²) >= 11 is 0. The molecule has 0 bridgehead atoms. The molecule has 2 amide bonds. The molecule has 2 N–H and O–H groups in total. The maximum Gasteiger partial charge on any atom is 0.328 e. The van der Waals surface area contributed by atoms with E-state index in [1.54, 1.807) is 6.92 Å². The van der Waals surface area contributed by atoms with Gasteiger partial charge in [-0.2, -0.15) is 0 Å². The molecule has 0 saturated heterocycles. The molecule has 1 saturated carbocycles. The smallest absolute Gasteiger partial charge is 0.328 e. The van der Waals surface area contributed by atoms with Gasteiger partial charge >= 0.3 is 12.0 Å². The number of hydrogen-bond acceptors (Lipinski definition) is 3. The Morgan fingerprint density at radius 3 is 2.54 bits per heavy atom. The van der Waals surface area contributed by atoms with Crippen LogP contribution in [0, 0.1) is 0 Å². The van der Waals surface area contributed by atoms with Crippen molar-refractivity contribution in [3.8, 4) is 0 Å². The standard InChI is InChI=1S/C8H14N2O3/c1-5(7(11)13-2)9-8(12)10-6-3-4-6/h5-6H,3-4H2,1-2H3,(H2,9,10,12). The van der Waals surface area contributed by atoms with Crippen molar-refractivity contribution in [1.82, 2.24) is 10.6 Å². The summed E-state index contributed by atoms with van der Waals surface area (Å²) in [6.07, 6.45) is 2.06. The number of carbonyl (C=O) groups is 2. The second-order valence-electron chi connectivity index (χ2n) is 3.14. The summed E-state index contributed by atoms with van der Waals surface area (Å²) in [4.78, 5) is 22.0. The molecule has 1 fully saturated rings. The van der Waals surface area contributed by atoms with Gasteiger partial charge in [-0.25, -0.2) is 9.59 Å². The summed E-state index contributed by atoms with van der Waals surface area (Å²) < 4.78 is 4.45. The highest BCUT2D eigenvalue weighted by Crippen LogP contribution is 2.18. The van der Waals surface area contributed by atoms with Crippen LogP contribution in [0.25, 0.3) is 0 Å². The SMILES string of the molecule is COC(=O)C(C)NC(=O)NC1CC1. The Labute approximate surface area is 76.8 Å². The fraction of sp³-hybridized carbons (Fsp3) is 0.750. The van der Waals surface area contributed by atoms with Crippen molar-refractivity contribution in [2.75, 3.05) is 7.11 Å². The molecule has 0 radical (unpaired) electrons. The predicted molar refractivity (Wildman–Crippen MR) is 46.2 cm³/mol. The van der Waals surface area contributed by atoms with Crippen LogP contribution in [0.3, 0.4) is 0 Å². The van der Waals surface area contributed by atoms with Gasteiger partial charge in [-0.05, 0) is 19.8 Å².